The number of thiocarbonyl (C=S) groups is 1. The second-order valence-electron chi connectivity index (χ2n) is 3.14. The van der Waals surface area contributed by atoms with Crippen LogP contribution in [0.3, 0.4) is 0 Å². The second kappa shape index (κ2) is 3.78. The molecule has 0 aliphatic rings. The molecule has 0 bridgehead atoms. The number of hydrogen-bond acceptors (Lipinski definition) is 3. The van der Waals surface area contributed by atoms with Crippen molar-refractivity contribution in [1.82, 2.24) is 15.0 Å². The van der Waals surface area contributed by atoms with E-state index >= 15 is 0 Å². The van der Waals surface area contributed by atoms with Crippen LogP contribution >= 0.6 is 12.2 Å². The van der Waals surface area contributed by atoms with Gasteiger partial charge in [-0.3, -0.25) is 0 Å². The predicted octanol–water partition coefficient (Wildman–Crippen LogP) is 1.21. The van der Waals surface area contributed by atoms with E-state index in [0.717, 1.165) is 11.4 Å². The fraction of sp³-hybridized carbons (Fsp3) is 0.100. The number of para-hydroxylation sites is 1. The van der Waals surface area contributed by atoms with Crippen LogP contribution in [0.4, 0.5) is 0 Å². The number of nitrogens with zero attached hydrogens (tertiary/aromatic N) is 3. The number of aromatic nitrogens is 3. The quantitative estimate of drug-likeness (QED) is 0.770. The second-order valence-corrected chi connectivity index (χ2v) is 3.57. The number of benzene rings is 1. The molecule has 15 heavy (non-hydrogen) atoms. The molecule has 0 spiro atoms. The van der Waals surface area contributed by atoms with Gasteiger partial charge in [0, 0.05) is 0 Å². The highest BCUT2D eigenvalue weighted by Crippen LogP contribution is 2.11. The Balaban J connectivity index is 2.52. The minimum Gasteiger partial charge on any atom is -0.388 e. The molecular weight excluding hydrogens is 208 g/mol. The number of rotatable bonds is 2. The fourth-order valence-corrected chi connectivity index (χ4v) is 1.56. The molecule has 0 aliphatic heterocycles. The van der Waals surface area contributed by atoms with Crippen LogP contribution < -0.4 is 5.73 Å². The van der Waals surface area contributed by atoms with Crippen molar-refractivity contribution in [2.75, 3.05) is 0 Å². The molecule has 1 aromatic heterocycles. The molecule has 2 aromatic rings. The van der Waals surface area contributed by atoms with Crippen LogP contribution in [-0.2, 0) is 0 Å². The first-order valence-corrected chi connectivity index (χ1v) is 4.88. The maximum atomic E-state index is 5.52. The molecule has 0 amide bonds. The highest BCUT2D eigenvalue weighted by Gasteiger charge is 2.11. The van der Waals surface area contributed by atoms with E-state index in [-0.39, 0.29) is 4.99 Å². The van der Waals surface area contributed by atoms with Gasteiger partial charge in [0.05, 0.1) is 11.4 Å². The average molecular weight is 218 g/mol. The normalized spacial score (nSPS) is 10.2. The van der Waals surface area contributed by atoms with Crippen molar-refractivity contribution in [3.8, 4) is 5.69 Å². The van der Waals surface area contributed by atoms with Gasteiger partial charge in [-0.15, -0.1) is 5.10 Å². The molecule has 76 valence electrons. The number of hydrogen-bond donors (Lipinski definition) is 1. The van der Waals surface area contributed by atoms with Crippen LogP contribution in [0, 0.1) is 6.92 Å². The van der Waals surface area contributed by atoms with Crippen molar-refractivity contribution in [3.63, 3.8) is 0 Å². The van der Waals surface area contributed by atoms with E-state index in [4.69, 9.17) is 18.0 Å². The molecule has 0 unspecified atom stereocenters. The summed E-state index contributed by atoms with van der Waals surface area (Å²) in [6.45, 7) is 1.89. The van der Waals surface area contributed by atoms with Gasteiger partial charge in [0.15, 0.2) is 0 Å². The molecule has 0 saturated heterocycles. The van der Waals surface area contributed by atoms with Gasteiger partial charge in [-0.05, 0) is 19.1 Å². The van der Waals surface area contributed by atoms with E-state index in [2.05, 4.69) is 10.3 Å². The Hall–Kier alpha value is -1.75. The Labute approximate surface area is 92.7 Å². The van der Waals surface area contributed by atoms with E-state index in [0.29, 0.717) is 5.69 Å². The van der Waals surface area contributed by atoms with Crippen molar-refractivity contribution in [2.45, 2.75) is 6.92 Å². The minimum absolute atomic E-state index is 0.273. The zero-order valence-corrected chi connectivity index (χ0v) is 9.03. The van der Waals surface area contributed by atoms with Crippen LogP contribution in [0.15, 0.2) is 30.3 Å². The Bertz CT molecular complexity index is 489. The summed E-state index contributed by atoms with van der Waals surface area (Å²) in [5, 5.41) is 7.94. The first-order chi connectivity index (χ1) is 7.20. The molecule has 2 rings (SSSR count). The van der Waals surface area contributed by atoms with Gasteiger partial charge in [-0.1, -0.05) is 35.6 Å². The van der Waals surface area contributed by atoms with E-state index in [1.54, 1.807) is 4.68 Å². The molecule has 0 fully saturated rings. The third kappa shape index (κ3) is 1.73. The SMILES string of the molecule is Cc1c(C(N)=S)nnn1-c1ccccc1. The van der Waals surface area contributed by atoms with Gasteiger partial charge in [-0.2, -0.15) is 0 Å². The van der Waals surface area contributed by atoms with Crippen LogP contribution in [0.25, 0.3) is 5.69 Å². The van der Waals surface area contributed by atoms with E-state index < -0.39 is 0 Å². The smallest absolute Gasteiger partial charge is 0.143 e. The van der Waals surface area contributed by atoms with Crippen molar-refractivity contribution in [2.24, 2.45) is 5.73 Å². The molecule has 0 saturated carbocycles. The summed E-state index contributed by atoms with van der Waals surface area (Å²) in [5.41, 5.74) is 7.90. The largest absolute Gasteiger partial charge is 0.388 e. The van der Waals surface area contributed by atoms with Gasteiger partial charge in [0.1, 0.15) is 10.7 Å². The summed E-state index contributed by atoms with van der Waals surface area (Å²) in [6, 6.07) is 9.73. The maximum absolute atomic E-state index is 5.52. The molecule has 0 radical (unpaired) electrons. The van der Waals surface area contributed by atoms with E-state index in [1.807, 2.05) is 37.3 Å². The molecule has 4 nitrogen and oxygen atoms in total. The summed E-state index contributed by atoms with van der Waals surface area (Å²) in [5.74, 6) is 0. The van der Waals surface area contributed by atoms with Gasteiger partial charge in [0.2, 0.25) is 0 Å². The third-order valence-corrected chi connectivity index (χ3v) is 2.32. The Morgan fingerprint density at radius 2 is 2.00 bits per heavy atom. The fourth-order valence-electron chi connectivity index (χ4n) is 1.37. The van der Waals surface area contributed by atoms with Gasteiger partial charge < -0.3 is 5.73 Å². The standard InChI is InChI=1S/C10H10N4S/c1-7-9(10(11)15)12-13-14(7)8-5-3-2-4-6-8/h2-6H,1H3,(H2,11,15). The van der Waals surface area contributed by atoms with E-state index in [1.165, 1.54) is 0 Å². The molecule has 1 heterocycles. The van der Waals surface area contributed by atoms with Crippen LogP contribution in [-0.4, -0.2) is 20.0 Å². The molecule has 2 N–H and O–H groups in total. The zero-order valence-electron chi connectivity index (χ0n) is 8.21. The maximum Gasteiger partial charge on any atom is 0.143 e. The van der Waals surface area contributed by atoms with Crippen LogP contribution in [0.1, 0.15) is 11.4 Å². The summed E-state index contributed by atoms with van der Waals surface area (Å²) in [6.07, 6.45) is 0. The molecule has 5 heteroatoms. The molecule has 0 atom stereocenters. The lowest BCUT2D eigenvalue weighted by molar-refractivity contribution is 0.785. The highest BCUT2D eigenvalue weighted by atomic mass is 32.1. The van der Waals surface area contributed by atoms with Crippen molar-refractivity contribution in [3.05, 3.63) is 41.7 Å². The first-order valence-electron chi connectivity index (χ1n) is 4.47. The van der Waals surface area contributed by atoms with Gasteiger partial charge in [-0.25, -0.2) is 4.68 Å². The van der Waals surface area contributed by atoms with E-state index in [9.17, 15) is 0 Å². The lowest BCUT2D eigenvalue weighted by atomic mass is 10.3. The topological polar surface area (TPSA) is 56.7 Å². The first kappa shape index (κ1) is 9.79. The Kier molecular flexibility index (Phi) is 2.47. The van der Waals surface area contributed by atoms with Gasteiger partial charge in [0.25, 0.3) is 0 Å². The zero-order chi connectivity index (χ0) is 10.8. The molecule has 1 aromatic carbocycles. The Morgan fingerprint density at radius 1 is 1.33 bits per heavy atom. The molecule has 0 aliphatic carbocycles. The monoisotopic (exact) mass is 218 g/mol. The van der Waals surface area contributed by atoms with Crippen LogP contribution in [0.5, 0.6) is 0 Å². The van der Waals surface area contributed by atoms with Crippen molar-refractivity contribution in [1.29, 1.82) is 0 Å². The third-order valence-electron chi connectivity index (χ3n) is 2.13. The average Bonchev–Trinajstić information content (AvgIpc) is 2.61. The number of nitrogens with two attached hydrogens (primary N) is 1. The van der Waals surface area contributed by atoms with Crippen molar-refractivity contribution >= 4 is 17.2 Å². The summed E-state index contributed by atoms with van der Waals surface area (Å²) in [7, 11) is 0. The summed E-state index contributed by atoms with van der Waals surface area (Å²) in [4.78, 5) is 0.273. The lowest BCUT2D eigenvalue weighted by Gasteiger charge is -2.02. The summed E-state index contributed by atoms with van der Waals surface area (Å²) < 4.78 is 1.72. The molecular formula is C10H10N4S. The van der Waals surface area contributed by atoms with Crippen LogP contribution in [0.2, 0.25) is 0 Å². The summed E-state index contributed by atoms with van der Waals surface area (Å²) >= 11 is 4.87. The Morgan fingerprint density at radius 3 is 2.53 bits per heavy atom. The highest BCUT2D eigenvalue weighted by molar-refractivity contribution is 7.80. The lowest BCUT2D eigenvalue weighted by Crippen LogP contribution is -2.11. The van der Waals surface area contributed by atoms with Crippen molar-refractivity contribution < 1.29 is 0 Å². The predicted molar refractivity (Wildman–Crippen MR) is 62.0 cm³/mol. The minimum atomic E-state index is 0.273. The van der Waals surface area contributed by atoms with Gasteiger partial charge >= 0.3 is 0 Å².